The minimum Gasteiger partial charge on any atom is -0.305 e. The second-order valence-electron chi connectivity index (χ2n) is 4.72. The third-order valence-electron chi connectivity index (χ3n) is 3.22. The summed E-state index contributed by atoms with van der Waals surface area (Å²) in [5.74, 6) is 0. The first kappa shape index (κ1) is 13.2. The molecule has 1 N–H and O–H groups in total. The van der Waals surface area contributed by atoms with Crippen LogP contribution in [0.1, 0.15) is 28.4 Å². The van der Waals surface area contributed by atoms with Crippen LogP contribution in [0.4, 0.5) is 0 Å². The van der Waals surface area contributed by atoms with Crippen LogP contribution < -0.4 is 5.32 Å². The van der Waals surface area contributed by atoms with Crippen molar-refractivity contribution in [2.24, 2.45) is 0 Å². The maximum Gasteiger partial charge on any atom is 0.0891 e. The molecular weight excluding hydrogens is 266 g/mol. The third kappa shape index (κ3) is 2.57. The summed E-state index contributed by atoms with van der Waals surface area (Å²) in [6.07, 6.45) is 1.88. The molecular formula is C16H17N3S. The number of para-hydroxylation sites is 2. The number of hydrogen-bond donors (Lipinski definition) is 1. The summed E-state index contributed by atoms with van der Waals surface area (Å²) in [4.78, 5) is 11.9. The van der Waals surface area contributed by atoms with Crippen LogP contribution in [-0.4, -0.2) is 16.5 Å². The van der Waals surface area contributed by atoms with Crippen molar-refractivity contribution >= 4 is 22.4 Å². The molecule has 3 nitrogen and oxygen atoms in total. The van der Waals surface area contributed by atoms with Crippen LogP contribution in [-0.2, 0) is 0 Å². The first-order valence-electron chi connectivity index (χ1n) is 6.79. The number of rotatable bonds is 4. The second-order valence-corrected chi connectivity index (χ2v) is 6.04. The second kappa shape index (κ2) is 5.69. The van der Waals surface area contributed by atoms with E-state index in [0.717, 1.165) is 23.3 Å². The average molecular weight is 283 g/mol. The van der Waals surface area contributed by atoms with Gasteiger partial charge in [0.15, 0.2) is 0 Å². The van der Waals surface area contributed by atoms with Crippen molar-refractivity contribution in [2.75, 3.05) is 6.54 Å². The van der Waals surface area contributed by atoms with Gasteiger partial charge in [0.25, 0.3) is 0 Å². The lowest BCUT2D eigenvalue weighted by molar-refractivity contribution is 0.624. The number of hydrogen-bond acceptors (Lipinski definition) is 4. The van der Waals surface area contributed by atoms with E-state index in [1.54, 1.807) is 11.3 Å². The Morgan fingerprint density at radius 3 is 2.65 bits per heavy atom. The predicted octanol–water partition coefficient (Wildman–Crippen LogP) is 3.70. The molecule has 1 aromatic carbocycles. The van der Waals surface area contributed by atoms with Gasteiger partial charge in [-0.1, -0.05) is 19.1 Å². The summed E-state index contributed by atoms with van der Waals surface area (Å²) in [6, 6.07) is 12.4. The minimum atomic E-state index is 0.121. The molecule has 3 rings (SSSR count). The minimum absolute atomic E-state index is 0.121. The molecule has 0 saturated heterocycles. The summed E-state index contributed by atoms with van der Waals surface area (Å²) in [5.41, 5.74) is 2.86. The van der Waals surface area contributed by atoms with Gasteiger partial charge in [0.05, 0.1) is 29.0 Å². The number of aryl methyl sites for hydroxylation is 1. The van der Waals surface area contributed by atoms with Crippen LogP contribution in [0.15, 0.2) is 42.6 Å². The molecule has 4 heteroatoms. The van der Waals surface area contributed by atoms with Crippen molar-refractivity contribution in [1.82, 2.24) is 15.3 Å². The lowest BCUT2D eigenvalue weighted by atomic mass is 10.1. The number of fused-ring (bicyclic) bond motifs is 1. The van der Waals surface area contributed by atoms with E-state index in [0.29, 0.717) is 0 Å². The molecule has 2 heterocycles. The van der Waals surface area contributed by atoms with E-state index in [1.807, 2.05) is 30.5 Å². The highest BCUT2D eigenvalue weighted by Gasteiger charge is 2.17. The fourth-order valence-electron chi connectivity index (χ4n) is 2.27. The van der Waals surface area contributed by atoms with Crippen molar-refractivity contribution in [3.05, 3.63) is 58.0 Å². The summed E-state index contributed by atoms with van der Waals surface area (Å²) in [7, 11) is 0. The van der Waals surface area contributed by atoms with Crippen molar-refractivity contribution < 1.29 is 0 Å². The largest absolute Gasteiger partial charge is 0.305 e. The van der Waals surface area contributed by atoms with Crippen molar-refractivity contribution in [2.45, 2.75) is 19.9 Å². The molecule has 1 atom stereocenters. The van der Waals surface area contributed by atoms with Crippen molar-refractivity contribution in [3.63, 3.8) is 0 Å². The number of thiophene rings is 1. The van der Waals surface area contributed by atoms with Gasteiger partial charge in [-0.15, -0.1) is 11.3 Å². The number of nitrogens with zero attached hydrogens (tertiary/aromatic N) is 2. The van der Waals surface area contributed by atoms with Gasteiger partial charge in [-0.2, -0.15) is 0 Å². The highest BCUT2D eigenvalue weighted by atomic mass is 32.1. The fraction of sp³-hybridized carbons (Fsp3) is 0.250. The Hall–Kier alpha value is -1.78. The van der Waals surface area contributed by atoms with E-state index in [1.165, 1.54) is 9.75 Å². The van der Waals surface area contributed by atoms with Gasteiger partial charge in [0, 0.05) is 9.75 Å². The molecule has 3 aromatic rings. The normalized spacial score (nSPS) is 12.7. The molecule has 20 heavy (non-hydrogen) atoms. The monoisotopic (exact) mass is 283 g/mol. The zero-order valence-corrected chi connectivity index (χ0v) is 12.4. The molecule has 0 bridgehead atoms. The number of benzene rings is 1. The fourth-order valence-corrected chi connectivity index (χ4v) is 3.24. The van der Waals surface area contributed by atoms with E-state index < -0.39 is 0 Å². The van der Waals surface area contributed by atoms with E-state index in [9.17, 15) is 0 Å². The Labute approximate surface area is 122 Å². The molecule has 0 saturated carbocycles. The average Bonchev–Trinajstić information content (AvgIpc) is 2.90. The molecule has 0 radical (unpaired) electrons. The Balaban J connectivity index is 2.04. The molecule has 0 aliphatic rings. The van der Waals surface area contributed by atoms with Crippen LogP contribution in [0.3, 0.4) is 0 Å². The van der Waals surface area contributed by atoms with Crippen molar-refractivity contribution in [1.29, 1.82) is 0 Å². The Morgan fingerprint density at radius 1 is 1.15 bits per heavy atom. The van der Waals surface area contributed by atoms with Crippen LogP contribution in [0.2, 0.25) is 0 Å². The van der Waals surface area contributed by atoms with E-state index in [-0.39, 0.29) is 6.04 Å². The molecule has 0 aliphatic heterocycles. The molecule has 0 aliphatic carbocycles. The van der Waals surface area contributed by atoms with Crippen LogP contribution in [0.25, 0.3) is 11.0 Å². The van der Waals surface area contributed by atoms with Gasteiger partial charge in [-0.05, 0) is 37.7 Å². The summed E-state index contributed by atoms with van der Waals surface area (Å²) in [5, 5.41) is 3.50. The van der Waals surface area contributed by atoms with Crippen LogP contribution >= 0.6 is 11.3 Å². The van der Waals surface area contributed by atoms with Gasteiger partial charge in [0.1, 0.15) is 0 Å². The van der Waals surface area contributed by atoms with Crippen LogP contribution in [0.5, 0.6) is 0 Å². The standard InChI is InChI=1S/C16H17N3S/c1-3-17-16(15-9-8-11(2)20-15)14-10-18-12-6-4-5-7-13(12)19-14/h4-10,16-17H,3H2,1-2H3. The lowest BCUT2D eigenvalue weighted by Gasteiger charge is -2.16. The summed E-state index contributed by atoms with van der Waals surface area (Å²) >= 11 is 1.81. The number of aromatic nitrogens is 2. The topological polar surface area (TPSA) is 37.8 Å². The van der Waals surface area contributed by atoms with Gasteiger partial charge < -0.3 is 5.32 Å². The first-order chi connectivity index (χ1) is 9.78. The highest BCUT2D eigenvalue weighted by Crippen LogP contribution is 2.27. The number of nitrogens with one attached hydrogen (secondary N) is 1. The van der Waals surface area contributed by atoms with E-state index >= 15 is 0 Å². The summed E-state index contributed by atoms with van der Waals surface area (Å²) in [6.45, 7) is 5.14. The molecule has 1 unspecified atom stereocenters. The third-order valence-corrected chi connectivity index (χ3v) is 4.28. The lowest BCUT2D eigenvalue weighted by Crippen LogP contribution is -2.22. The quantitative estimate of drug-likeness (QED) is 0.793. The maximum atomic E-state index is 4.76. The molecule has 0 amide bonds. The van der Waals surface area contributed by atoms with Crippen LogP contribution in [0, 0.1) is 6.92 Å². The van der Waals surface area contributed by atoms with E-state index in [2.05, 4.69) is 36.3 Å². The first-order valence-corrected chi connectivity index (χ1v) is 7.61. The zero-order valence-electron chi connectivity index (χ0n) is 11.6. The maximum absolute atomic E-state index is 4.76. The van der Waals surface area contributed by atoms with Crippen molar-refractivity contribution in [3.8, 4) is 0 Å². The molecule has 2 aromatic heterocycles. The van der Waals surface area contributed by atoms with Gasteiger partial charge >= 0.3 is 0 Å². The predicted molar refractivity (Wildman–Crippen MR) is 84.1 cm³/mol. The Morgan fingerprint density at radius 2 is 1.95 bits per heavy atom. The Kier molecular flexibility index (Phi) is 3.76. The Bertz CT molecular complexity index is 720. The molecule has 102 valence electrons. The molecule has 0 fully saturated rings. The van der Waals surface area contributed by atoms with Gasteiger partial charge in [-0.3, -0.25) is 4.98 Å². The summed E-state index contributed by atoms with van der Waals surface area (Å²) < 4.78 is 0. The smallest absolute Gasteiger partial charge is 0.0891 e. The van der Waals surface area contributed by atoms with E-state index in [4.69, 9.17) is 4.98 Å². The van der Waals surface area contributed by atoms with Gasteiger partial charge in [-0.25, -0.2) is 4.98 Å². The zero-order chi connectivity index (χ0) is 13.9. The highest BCUT2D eigenvalue weighted by molar-refractivity contribution is 7.12. The van der Waals surface area contributed by atoms with Gasteiger partial charge in [0.2, 0.25) is 0 Å². The SMILES string of the molecule is CCNC(c1cnc2ccccc2n1)c1ccc(C)s1. The molecule has 0 spiro atoms.